The van der Waals surface area contributed by atoms with Crippen LogP contribution in [0, 0.1) is 11.8 Å². The summed E-state index contributed by atoms with van der Waals surface area (Å²) in [5, 5.41) is 20.8. The maximum Gasteiger partial charge on any atom is 0.233 e. The average Bonchev–Trinajstić information content (AvgIpc) is 2.79. The zero-order chi connectivity index (χ0) is 16.6. The molecule has 1 N–H and O–H groups in total. The fraction of sp³-hybridized carbons (Fsp3) is 0.471. The van der Waals surface area contributed by atoms with Gasteiger partial charge >= 0.3 is 0 Å². The SMILES string of the molecule is O=C([O-])[C@@H](Cc1ccc(O)cc1)N1C(=O)[C@H]2CCCC[C@H]2C1=O. The van der Waals surface area contributed by atoms with E-state index < -0.39 is 12.0 Å². The van der Waals surface area contributed by atoms with E-state index >= 15 is 0 Å². The lowest BCUT2D eigenvalue weighted by atomic mass is 9.81. The monoisotopic (exact) mass is 316 g/mol. The molecule has 2 amide bonds. The van der Waals surface area contributed by atoms with Crippen molar-refractivity contribution in [3.63, 3.8) is 0 Å². The maximum absolute atomic E-state index is 12.5. The number of phenols is 1. The van der Waals surface area contributed by atoms with Gasteiger partial charge in [0, 0.05) is 0 Å². The number of phenolic OH excluding ortho intramolecular Hbond substituents is 1. The molecule has 3 rings (SSSR count). The smallest absolute Gasteiger partial charge is 0.233 e. The summed E-state index contributed by atoms with van der Waals surface area (Å²) in [7, 11) is 0. The molecule has 1 heterocycles. The van der Waals surface area contributed by atoms with Crippen LogP contribution in [0.3, 0.4) is 0 Å². The number of carboxylic acids is 1. The Balaban J connectivity index is 1.85. The lowest BCUT2D eigenvalue weighted by Crippen LogP contribution is -2.52. The van der Waals surface area contributed by atoms with Crippen molar-refractivity contribution in [2.75, 3.05) is 0 Å². The molecule has 23 heavy (non-hydrogen) atoms. The number of aromatic hydroxyl groups is 1. The van der Waals surface area contributed by atoms with Crippen molar-refractivity contribution in [3.8, 4) is 5.75 Å². The fourth-order valence-electron chi connectivity index (χ4n) is 3.63. The highest BCUT2D eigenvalue weighted by Gasteiger charge is 2.50. The Morgan fingerprint density at radius 2 is 1.65 bits per heavy atom. The van der Waals surface area contributed by atoms with Gasteiger partial charge in [-0.05, 0) is 37.0 Å². The van der Waals surface area contributed by atoms with E-state index in [2.05, 4.69) is 0 Å². The van der Waals surface area contributed by atoms with Crippen molar-refractivity contribution < 1.29 is 24.6 Å². The minimum atomic E-state index is -1.43. The van der Waals surface area contributed by atoms with Gasteiger partial charge in [-0.15, -0.1) is 0 Å². The molecule has 1 aliphatic heterocycles. The average molecular weight is 316 g/mol. The van der Waals surface area contributed by atoms with Gasteiger partial charge in [0.1, 0.15) is 5.75 Å². The van der Waals surface area contributed by atoms with E-state index in [4.69, 9.17) is 0 Å². The molecule has 0 bridgehead atoms. The van der Waals surface area contributed by atoms with Crippen LogP contribution in [0.15, 0.2) is 24.3 Å². The number of amides is 2. The lowest BCUT2D eigenvalue weighted by Gasteiger charge is -2.27. The number of hydrogen-bond donors (Lipinski definition) is 1. The number of rotatable bonds is 4. The molecule has 1 aromatic rings. The van der Waals surface area contributed by atoms with Crippen molar-refractivity contribution in [2.45, 2.75) is 38.1 Å². The number of aliphatic carboxylic acids is 1. The quantitative estimate of drug-likeness (QED) is 0.802. The standard InChI is InChI=1S/C17H19NO5/c19-11-7-5-10(6-8-11)9-14(17(22)23)18-15(20)12-3-1-2-4-13(12)16(18)21/h5-8,12-14,19H,1-4,9H2,(H,22,23)/p-1/t12-,13+,14-/m1/s1. The number of fused-ring (bicyclic) bond motifs is 1. The number of likely N-dealkylation sites (tertiary alicyclic amines) is 1. The fourth-order valence-corrected chi connectivity index (χ4v) is 3.63. The summed E-state index contributed by atoms with van der Waals surface area (Å²) >= 11 is 0. The largest absolute Gasteiger partial charge is 0.548 e. The highest BCUT2D eigenvalue weighted by atomic mass is 16.4. The predicted molar refractivity (Wildman–Crippen MR) is 77.9 cm³/mol. The molecule has 2 fully saturated rings. The predicted octanol–water partition coefficient (Wildman–Crippen LogP) is 0.228. The van der Waals surface area contributed by atoms with E-state index in [1.165, 1.54) is 12.1 Å². The molecule has 1 saturated heterocycles. The Hall–Kier alpha value is -2.37. The van der Waals surface area contributed by atoms with Gasteiger partial charge in [0.2, 0.25) is 11.8 Å². The maximum atomic E-state index is 12.5. The van der Waals surface area contributed by atoms with Crippen LogP contribution in [-0.2, 0) is 20.8 Å². The Morgan fingerprint density at radius 3 is 2.13 bits per heavy atom. The second kappa shape index (κ2) is 6.02. The molecule has 122 valence electrons. The molecule has 2 aliphatic rings. The summed E-state index contributed by atoms with van der Waals surface area (Å²) < 4.78 is 0. The summed E-state index contributed by atoms with van der Waals surface area (Å²) in [4.78, 5) is 37.5. The first-order valence-corrected chi connectivity index (χ1v) is 7.84. The molecule has 1 aliphatic carbocycles. The molecule has 3 atom stereocenters. The van der Waals surface area contributed by atoms with Gasteiger partial charge in [0.05, 0.1) is 23.8 Å². The second-order valence-corrected chi connectivity index (χ2v) is 6.25. The van der Waals surface area contributed by atoms with E-state index in [1.807, 2.05) is 0 Å². The molecule has 1 aromatic carbocycles. The molecule has 0 radical (unpaired) electrons. The number of benzene rings is 1. The third-order valence-corrected chi connectivity index (χ3v) is 4.82. The number of carboxylic acid groups (broad SMARTS) is 1. The molecule has 0 spiro atoms. The Bertz CT molecular complexity index is 615. The first-order chi connectivity index (χ1) is 11.0. The zero-order valence-corrected chi connectivity index (χ0v) is 12.6. The van der Waals surface area contributed by atoms with E-state index in [1.54, 1.807) is 12.1 Å². The van der Waals surface area contributed by atoms with Crippen molar-refractivity contribution >= 4 is 17.8 Å². The normalized spacial score (nSPS) is 25.3. The highest BCUT2D eigenvalue weighted by Crippen LogP contribution is 2.39. The number of carbonyl (C=O) groups excluding carboxylic acids is 3. The number of hydrogen-bond acceptors (Lipinski definition) is 5. The molecular weight excluding hydrogens is 298 g/mol. The van der Waals surface area contributed by atoms with Crippen LogP contribution < -0.4 is 5.11 Å². The number of carbonyl (C=O) groups is 3. The van der Waals surface area contributed by atoms with E-state index in [0.29, 0.717) is 18.4 Å². The van der Waals surface area contributed by atoms with E-state index in [0.717, 1.165) is 17.7 Å². The first kappa shape index (κ1) is 15.5. The summed E-state index contributed by atoms with van der Waals surface area (Å²) in [5.41, 5.74) is 0.618. The van der Waals surface area contributed by atoms with Crippen molar-refractivity contribution in [1.29, 1.82) is 0 Å². The number of nitrogens with zero attached hydrogens (tertiary/aromatic N) is 1. The first-order valence-electron chi connectivity index (χ1n) is 7.84. The minimum Gasteiger partial charge on any atom is -0.548 e. The topological polar surface area (TPSA) is 97.7 Å². The van der Waals surface area contributed by atoms with Gasteiger partial charge in [-0.1, -0.05) is 25.0 Å². The highest BCUT2D eigenvalue weighted by molar-refractivity contribution is 6.07. The third-order valence-electron chi connectivity index (χ3n) is 4.82. The van der Waals surface area contributed by atoms with Crippen molar-refractivity contribution in [1.82, 2.24) is 4.90 Å². The lowest BCUT2D eigenvalue weighted by molar-refractivity contribution is -0.310. The Morgan fingerprint density at radius 1 is 1.13 bits per heavy atom. The molecule has 6 nitrogen and oxygen atoms in total. The molecule has 0 unspecified atom stereocenters. The summed E-state index contributed by atoms with van der Waals surface area (Å²) in [6.07, 6.45) is 3.05. The summed E-state index contributed by atoms with van der Waals surface area (Å²) in [5.74, 6) is -2.88. The van der Waals surface area contributed by atoms with Gasteiger partial charge < -0.3 is 15.0 Å². The zero-order valence-electron chi connectivity index (χ0n) is 12.6. The van der Waals surface area contributed by atoms with Gasteiger partial charge in [-0.3, -0.25) is 14.5 Å². The third kappa shape index (κ3) is 2.81. The van der Waals surface area contributed by atoms with Crippen LogP contribution in [0.4, 0.5) is 0 Å². The molecular formula is C17H18NO5-. The Kier molecular flexibility index (Phi) is 4.07. The molecule has 1 saturated carbocycles. The van der Waals surface area contributed by atoms with Crippen molar-refractivity contribution in [2.24, 2.45) is 11.8 Å². The van der Waals surface area contributed by atoms with Crippen LogP contribution >= 0.6 is 0 Å². The van der Waals surface area contributed by atoms with Crippen molar-refractivity contribution in [3.05, 3.63) is 29.8 Å². The molecule has 0 aromatic heterocycles. The number of imide groups is 1. The summed E-state index contributed by atoms with van der Waals surface area (Å²) in [6.45, 7) is 0. The second-order valence-electron chi connectivity index (χ2n) is 6.25. The van der Waals surface area contributed by atoms with Crippen LogP contribution in [-0.4, -0.2) is 33.8 Å². The van der Waals surface area contributed by atoms with Crippen LogP contribution in [0.1, 0.15) is 31.2 Å². The Labute approximate surface area is 133 Å². The van der Waals surface area contributed by atoms with Gasteiger partial charge in [-0.25, -0.2) is 0 Å². The van der Waals surface area contributed by atoms with Gasteiger partial charge in [-0.2, -0.15) is 0 Å². The van der Waals surface area contributed by atoms with Gasteiger partial charge in [0.25, 0.3) is 0 Å². The minimum absolute atomic E-state index is 0.0144. The summed E-state index contributed by atoms with van der Waals surface area (Å²) in [6, 6.07) is 4.72. The van der Waals surface area contributed by atoms with E-state index in [9.17, 15) is 24.6 Å². The van der Waals surface area contributed by atoms with E-state index in [-0.39, 0.29) is 35.8 Å². The van der Waals surface area contributed by atoms with Crippen LogP contribution in [0.5, 0.6) is 5.75 Å². The molecule has 6 heteroatoms. The van der Waals surface area contributed by atoms with Crippen LogP contribution in [0.25, 0.3) is 0 Å². The van der Waals surface area contributed by atoms with Gasteiger partial charge in [0.15, 0.2) is 0 Å². The van der Waals surface area contributed by atoms with Crippen LogP contribution in [0.2, 0.25) is 0 Å².